The molecule has 0 amide bonds. The van der Waals surface area contributed by atoms with Gasteiger partial charge in [0.05, 0.1) is 11.6 Å². The zero-order valence-corrected chi connectivity index (χ0v) is 13.8. The Labute approximate surface area is 143 Å². The van der Waals surface area contributed by atoms with E-state index in [1.54, 1.807) is 11.3 Å². The molecule has 0 radical (unpaired) electrons. The molecule has 2 aliphatic carbocycles. The van der Waals surface area contributed by atoms with Gasteiger partial charge in [-0.25, -0.2) is 0 Å². The van der Waals surface area contributed by atoms with Crippen molar-refractivity contribution in [3.05, 3.63) is 69.1 Å². The first-order valence-corrected chi connectivity index (χ1v) is 9.15. The SMILES string of the molecule is O=C1CCCC2=C1[C@@H](c1cccs1)C1C(=O)c3ccccc3C1=N2. The van der Waals surface area contributed by atoms with Gasteiger partial charge in [-0.1, -0.05) is 30.3 Å². The topological polar surface area (TPSA) is 46.5 Å². The highest BCUT2D eigenvalue weighted by Crippen LogP contribution is 2.49. The van der Waals surface area contributed by atoms with Crippen LogP contribution in [0.1, 0.15) is 46.0 Å². The van der Waals surface area contributed by atoms with E-state index >= 15 is 0 Å². The number of hydrogen-bond donors (Lipinski definition) is 0. The zero-order chi connectivity index (χ0) is 16.3. The van der Waals surface area contributed by atoms with Crippen LogP contribution in [0.25, 0.3) is 0 Å². The molecule has 0 fully saturated rings. The molecule has 2 atom stereocenters. The number of Topliss-reactive ketones (excluding diaryl/α,β-unsaturated/α-hetero) is 2. The normalized spacial score (nSPS) is 25.2. The van der Waals surface area contributed by atoms with Gasteiger partial charge in [-0.3, -0.25) is 14.6 Å². The molecule has 1 aromatic carbocycles. The quantitative estimate of drug-likeness (QED) is 0.787. The van der Waals surface area contributed by atoms with Crippen LogP contribution in [0.2, 0.25) is 0 Å². The van der Waals surface area contributed by atoms with Crippen molar-refractivity contribution in [3.8, 4) is 0 Å². The van der Waals surface area contributed by atoms with Crippen LogP contribution >= 0.6 is 11.3 Å². The highest BCUT2D eigenvalue weighted by atomic mass is 32.1. The second kappa shape index (κ2) is 5.08. The Morgan fingerprint density at radius 2 is 1.79 bits per heavy atom. The number of thiophene rings is 1. The van der Waals surface area contributed by atoms with E-state index in [0.717, 1.165) is 45.8 Å². The molecule has 2 aromatic rings. The molecule has 3 aliphatic rings. The average Bonchev–Trinajstić information content (AvgIpc) is 3.22. The van der Waals surface area contributed by atoms with E-state index in [0.29, 0.717) is 6.42 Å². The molecule has 5 rings (SSSR count). The van der Waals surface area contributed by atoms with Gasteiger partial charge in [0.25, 0.3) is 0 Å². The summed E-state index contributed by atoms with van der Waals surface area (Å²) in [4.78, 5) is 31.7. The first-order chi connectivity index (χ1) is 11.8. The lowest BCUT2D eigenvalue weighted by Crippen LogP contribution is -2.33. The van der Waals surface area contributed by atoms with Gasteiger partial charge in [-0.2, -0.15) is 0 Å². The van der Waals surface area contributed by atoms with Gasteiger partial charge in [0.15, 0.2) is 11.6 Å². The molecule has 0 N–H and O–H groups in total. The first-order valence-electron chi connectivity index (χ1n) is 8.27. The lowest BCUT2D eigenvalue weighted by Gasteiger charge is -2.32. The zero-order valence-electron chi connectivity index (χ0n) is 13.0. The van der Waals surface area contributed by atoms with Crippen molar-refractivity contribution in [3.63, 3.8) is 0 Å². The van der Waals surface area contributed by atoms with Gasteiger partial charge in [0.1, 0.15) is 0 Å². The summed E-state index contributed by atoms with van der Waals surface area (Å²) in [6.45, 7) is 0. The molecule has 24 heavy (non-hydrogen) atoms. The van der Waals surface area contributed by atoms with Crippen LogP contribution < -0.4 is 0 Å². The maximum Gasteiger partial charge on any atom is 0.173 e. The number of nitrogens with zero attached hydrogens (tertiary/aromatic N) is 1. The monoisotopic (exact) mass is 333 g/mol. The molecule has 1 aromatic heterocycles. The molecule has 4 heteroatoms. The number of ketones is 2. The van der Waals surface area contributed by atoms with Gasteiger partial charge >= 0.3 is 0 Å². The highest BCUT2D eigenvalue weighted by Gasteiger charge is 2.48. The summed E-state index contributed by atoms with van der Waals surface area (Å²) in [6.07, 6.45) is 2.25. The Bertz CT molecular complexity index is 936. The number of fused-ring (bicyclic) bond motifs is 3. The van der Waals surface area contributed by atoms with Gasteiger partial charge in [-0.05, 0) is 24.3 Å². The van der Waals surface area contributed by atoms with Crippen LogP contribution in [0.4, 0.5) is 0 Å². The summed E-state index contributed by atoms with van der Waals surface area (Å²) >= 11 is 1.62. The van der Waals surface area contributed by atoms with Crippen LogP contribution in [0.3, 0.4) is 0 Å². The van der Waals surface area contributed by atoms with Crippen LogP contribution in [-0.4, -0.2) is 17.3 Å². The van der Waals surface area contributed by atoms with E-state index in [9.17, 15) is 9.59 Å². The Hall–Kier alpha value is -2.33. The molecule has 0 saturated carbocycles. The summed E-state index contributed by atoms with van der Waals surface area (Å²) in [5, 5.41) is 2.01. The molecule has 1 aliphatic heterocycles. The van der Waals surface area contributed by atoms with E-state index in [1.165, 1.54) is 0 Å². The fourth-order valence-electron chi connectivity index (χ4n) is 4.22. The van der Waals surface area contributed by atoms with Crippen LogP contribution in [0.15, 0.2) is 58.0 Å². The summed E-state index contributed by atoms with van der Waals surface area (Å²) in [5.74, 6) is -0.240. The van der Waals surface area contributed by atoms with E-state index in [-0.39, 0.29) is 23.4 Å². The third kappa shape index (κ3) is 1.80. The van der Waals surface area contributed by atoms with E-state index in [2.05, 4.69) is 0 Å². The maximum absolute atomic E-state index is 13.1. The molecule has 2 heterocycles. The Morgan fingerprint density at radius 1 is 0.958 bits per heavy atom. The van der Waals surface area contributed by atoms with Gasteiger partial charge in [-0.15, -0.1) is 11.3 Å². The summed E-state index contributed by atoms with van der Waals surface area (Å²) in [7, 11) is 0. The minimum absolute atomic E-state index is 0.104. The smallest absolute Gasteiger partial charge is 0.173 e. The maximum atomic E-state index is 13.1. The number of allylic oxidation sites excluding steroid dienone is 2. The second-order valence-corrected chi connectivity index (χ2v) is 7.49. The number of carbonyl (C=O) groups excluding carboxylic acids is 2. The van der Waals surface area contributed by atoms with Crippen molar-refractivity contribution in [2.75, 3.05) is 0 Å². The Balaban J connectivity index is 1.78. The van der Waals surface area contributed by atoms with Gasteiger partial charge < -0.3 is 0 Å². The predicted molar refractivity (Wildman–Crippen MR) is 93.7 cm³/mol. The minimum atomic E-state index is -0.346. The van der Waals surface area contributed by atoms with Crippen molar-refractivity contribution in [1.82, 2.24) is 0 Å². The van der Waals surface area contributed by atoms with Crippen molar-refractivity contribution in [2.24, 2.45) is 10.9 Å². The van der Waals surface area contributed by atoms with Crippen LogP contribution in [0, 0.1) is 5.92 Å². The third-order valence-electron chi connectivity index (χ3n) is 5.22. The molecule has 118 valence electrons. The molecular weight excluding hydrogens is 318 g/mol. The van der Waals surface area contributed by atoms with Crippen LogP contribution in [0.5, 0.6) is 0 Å². The molecule has 0 saturated heterocycles. The molecular formula is C20H15NO2S. The van der Waals surface area contributed by atoms with Crippen molar-refractivity contribution < 1.29 is 9.59 Å². The van der Waals surface area contributed by atoms with Gasteiger partial charge in [0, 0.05) is 39.6 Å². The largest absolute Gasteiger partial charge is 0.294 e. The van der Waals surface area contributed by atoms with Gasteiger partial charge in [0.2, 0.25) is 0 Å². The number of hydrogen-bond acceptors (Lipinski definition) is 4. The Morgan fingerprint density at radius 3 is 2.58 bits per heavy atom. The number of aliphatic imine (C=N–C) groups is 1. The van der Waals surface area contributed by atoms with E-state index < -0.39 is 0 Å². The average molecular weight is 333 g/mol. The molecule has 3 nitrogen and oxygen atoms in total. The Kier molecular flexibility index (Phi) is 2.98. The standard InChI is InChI=1S/C20H15NO2S/c22-14-8-3-7-13-16(14)17(15-9-4-10-24-15)18-19(21-13)11-5-1-2-6-12(11)20(18)23/h1-2,4-6,9-10,17-18H,3,7-8H2/t17-,18?/m1/s1. The van der Waals surface area contributed by atoms with Crippen molar-refractivity contribution in [1.29, 1.82) is 0 Å². The molecule has 1 unspecified atom stereocenters. The van der Waals surface area contributed by atoms with Crippen LogP contribution in [-0.2, 0) is 4.79 Å². The number of benzene rings is 1. The third-order valence-corrected chi connectivity index (χ3v) is 6.18. The van der Waals surface area contributed by atoms with Crippen molar-refractivity contribution in [2.45, 2.75) is 25.2 Å². The highest BCUT2D eigenvalue weighted by molar-refractivity contribution is 7.10. The van der Waals surface area contributed by atoms with E-state index in [4.69, 9.17) is 4.99 Å². The summed E-state index contributed by atoms with van der Waals surface area (Å²) in [6, 6.07) is 11.7. The second-order valence-electron chi connectivity index (χ2n) is 6.51. The minimum Gasteiger partial charge on any atom is -0.294 e. The summed E-state index contributed by atoms with van der Waals surface area (Å²) in [5.41, 5.74) is 4.25. The predicted octanol–water partition coefficient (Wildman–Crippen LogP) is 4.15. The van der Waals surface area contributed by atoms with E-state index in [1.807, 2.05) is 41.8 Å². The lowest BCUT2D eigenvalue weighted by molar-refractivity contribution is -0.116. The summed E-state index contributed by atoms with van der Waals surface area (Å²) < 4.78 is 0. The fourth-order valence-corrected chi connectivity index (χ4v) is 5.09. The molecule has 0 spiro atoms. The fraction of sp³-hybridized carbons (Fsp3) is 0.250. The van der Waals surface area contributed by atoms with Crippen molar-refractivity contribution >= 4 is 28.6 Å². The lowest BCUT2D eigenvalue weighted by atomic mass is 9.74. The molecule has 0 bridgehead atoms. The first kappa shape index (κ1) is 14.1. The number of rotatable bonds is 1. The number of carbonyl (C=O) groups is 2.